The molecule has 7 heteroatoms. The second kappa shape index (κ2) is 7.57. The second-order valence-corrected chi connectivity index (χ2v) is 5.55. The number of rotatable bonds is 5. The predicted octanol–water partition coefficient (Wildman–Crippen LogP) is 2.55. The van der Waals surface area contributed by atoms with Crippen molar-refractivity contribution in [1.82, 2.24) is 10.6 Å². The summed E-state index contributed by atoms with van der Waals surface area (Å²) >= 11 is 0. The first-order chi connectivity index (χ1) is 12.2. The van der Waals surface area contributed by atoms with Crippen LogP contribution in [0.2, 0.25) is 0 Å². The zero-order valence-electron chi connectivity index (χ0n) is 13.9. The van der Waals surface area contributed by atoms with Crippen LogP contribution in [0.1, 0.15) is 5.56 Å². The number of ether oxygens (including phenoxy) is 1. The monoisotopic (exact) mass is 340 g/mol. The van der Waals surface area contributed by atoms with Crippen LogP contribution in [0.4, 0.5) is 21.0 Å². The molecule has 0 aliphatic carbocycles. The molecule has 0 aromatic heterocycles. The molecule has 7 nitrogen and oxygen atoms in total. The summed E-state index contributed by atoms with van der Waals surface area (Å²) in [6, 6.07) is 14.2. The Hall–Kier alpha value is -3.22. The van der Waals surface area contributed by atoms with Gasteiger partial charge in [0.15, 0.2) is 0 Å². The Balaban J connectivity index is 1.60. The Morgan fingerprint density at radius 2 is 2.08 bits per heavy atom. The standard InChI is InChI=1S/C18H20N4O3/c1-25-16-8-3-2-5-13(16)12-20-17(23)21-14-6-4-7-15(11-14)22-10-9-19-18(22)24/h2-8,11H,9-10,12H2,1H3,(H,19,24)(H2,20,21,23). The van der Waals surface area contributed by atoms with E-state index in [1.54, 1.807) is 30.2 Å². The molecule has 1 aliphatic heterocycles. The largest absolute Gasteiger partial charge is 0.496 e. The molecule has 0 spiro atoms. The highest BCUT2D eigenvalue weighted by molar-refractivity contribution is 5.95. The molecule has 0 saturated carbocycles. The molecule has 4 amide bonds. The summed E-state index contributed by atoms with van der Waals surface area (Å²) < 4.78 is 5.26. The Morgan fingerprint density at radius 1 is 1.24 bits per heavy atom. The van der Waals surface area contributed by atoms with Gasteiger partial charge in [0.1, 0.15) is 5.75 Å². The first-order valence-electron chi connectivity index (χ1n) is 7.99. The number of nitrogens with zero attached hydrogens (tertiary/aromatic N) is 1. The lowest BCUT2D eigenvalue weighted by molar-refractivity contribution is 0.251. The lowest BCUT2D eigenvalue weighted by Crippen LogP contribution is -2.29. The van der Waals surface area contributed by atoms with Crippen molar-refractivity contribution in [1.29, 1.82) is 0 Å². The third-order valence-corrected chi connectivity index (χ3v) is 3.90. The minimum atomic E-state index is -0.325. The van der Waals surface area contributed by atoms with Crippen LogP contribution >= 0.6 is 0 Å². The lowest BCUT2D eigenvalue weighted by Gasteiger charge is -2.16. The number of benzene rings is 2. The topological polar surface area (TPSA) is 82.7 Å². The molecule has 1 saturated heterocycles. The zero-order chi connectivity index (χ0) is 17.6. The normalized spacial score (nSPS) is 13.3. The summed E-state index contributed by atoms with van der Waals surface area (Å²) in [5.74, 6) is 0.727. The van der Waals surface area contributed by atoms with Crippen LogP contribution in [-0.2, 0) is 6.54 Å². The number of para-hydroxylation sites is 1. The Labute approximate surface area is 146 Å². The van der Waals surface area contributed by atoms with Crippen LogP contribution in [0.5, 0.6) is 5.75 Å². The van der Waals surface area contributed by atoms with Gasteiger partial charge in [-0.15, -0.1) is 0 Å². The highest BCUT2D eigenvalue weighted by Crippen LogP contribution is 2.21. The van der Waals surface area contributed by atoms with Crippen molar-refractivity contribution in [3.63, 3.8) is 0 Å². The van der Waals surface area contributed by atoms with Gasteiger partial charge in [0, 0.05) is 36.6 Å². The molecule has 1 fully saturated rings. The summed E-state index contributed by atoms with van der Waals surface area (Å²) in [6.45, 7) is 1.59. The molecule has 0 atom stereocenters. The Morgan fingerprint density at radius 3 is 2.84 bits per heavy atom. The number of carbonyl (C=O) groups excluding carboxylic acids is 2. The number of anilines is 2. The average Bonchev–Trinajstić information content (AvgIpc) is 3.06. The Bertz CT molecular complexity index is 778. The number of hydrogen-bond donors (Lipinski definition) is 3. The van der Waals surface area contributed by atoms with Crippen molar-refractivity contribution < 1.29 is 14.3 Å². The highest BCUT2D eigenvalue weighted by atomic mass is 16.5. The van der Waals surface area contributed by atoms with Crippen molar-refractivity contribution in [2.45, 2.75) is 6.54 Å². The molecule has 130 valence electrons. The van der Waals surface area contributed by atoms with Crippen molar-refractivity contribution in [3.8, 4) is 5.75 Å². The van der Waals surface area contributed by atoms with E-state index in [1.807, 2.05) is 30.3 Å². The van der Waals surface area contributed by atoms with Gasteiger partial charge < -0.3 is 20.7 Å². The fourth-order valence-corrected chi connectivity index (χ4v) is 2.67. The third kappa shape index (κ3) is 4.00. The second-order valence-electron chi connectivity index (χ2n) is 5.55. The number of methoxy groups -OCH3 is 1. The minimum Gasteiger partial charge on any atom is -0.496 e. The molecule has 25 heavy (non-hydrogen) atoms. The van der Waals surface area contributed by atoms with Gasteiger partial charge in [-0.05, 0) is 24.3 Å². The molecule has 0 unspecified atom stereocenters. The molecule has 2 aromatic carbocycles. The van der Waals surface area contributed by atoms with Crippen LogP contribution in [0, 0.1) is 0 Å². The van der Waals surface area contributed by atoms with Gasteiger partial charge in [0.05, 0.1) is 7.11 Å². The van der Waals surface area contributed by atoms with Gasteiger partial charge in [-0.1, -0.05) is 24.3 Å². The van der Waals surface area contributed by atoms with Crippen molar-refractivity contribution in [3.05, 3.63) is 54.1 Å². The van der Waals surface area contributed by atoms with E-state index in [4.69, 9.17) is 4.74 Å². The van der Waals surface area contributed by atoms with E-state index in [9.17, 15) is 9.59 Å². The Kier molecular flexibility index (Phi) is 5.03. The molecule has 1 heterocycles. The number of urea groups is 2. The quantitative estimate of drug-likeness (QED) is 0.782. The van der Waals surface area contributed by atoms with Gasteiger partial charge in [-0.3, -0.25) is 4.90 Å². The van der Waals surface area contributed by atoms with Gasteiger partial charge in [0.2, 0.25) is 0 Å². The first-order valence-corrected chi connectivity index (χ1v) is 7.99. The molecule has 0 bridgehead atoms. The number of carbonyl (C=O) groups is 2. The maximum Gasteiger partial charge on any atom is 0.321 e. The zero-order valence-corrected chi connectivity index (χ0v) is 13.9. The van der Waals surface area contributed by atoms with E-state index >= 15 is 0 Å². The molecular formula is C18H20N4O3. The van der Waals surface area contributed by atoms with Crippen molar-refractivity contribution in [2.75, 3.05) is 30.4 Å². The van der Waals surface area contributed by atoms with E-state index in [0.717, 1.165) is 17.0 Å². The molecule has 3 N–H and O–H groups in total. The van der Waals surface area contributed by atoms with Crippen LogP contribution in [0.15, 0.2) is 48.5 Å². The van der Waals surface area contributed by atoms with Gasteiger partial charge in [-0.25, -0.2) is 9.59 Å². The molecule has 0 radical (unpaired) electrons. The summed E-state index contributed by atoms with van der Waals surface area (Å²) in [5, 5.41) is 8.33. The molecule has 1 aliphatic rings. The third-order valence-electron chi connectivity index (χ3n) is 3.90. The molecule has 2 aromatic rings. The summed E-state index contributed by atoms with van der Waals surface area (Å²) in [5.41, 5.74) is 2.26. The fraction of sp³-hybridized carbons (Fsp3) is 0.222. The summed E-state index contributed by atoms with van der Waals surface area (Å²) in [6.07, 6.45) is 0. The fourth-order valence-electron chi connectivity index (χ4n) is 2.67. The van der Waals surface area contributed by atoms with E-state index in [-0.39, 0.29) is 12.1 Å². The van der Waals surface area contributed by atoms with E-state index < -0.39 is 0 Å². The smallest absolute Gasteiger partial charge is 0.321 e. The summed E-state index contributed by atoms with van der Waals surface area (Å²) in [4.78, 5) is 25.5. The van der Waals surface area contributed by atoms with E-state index in [0.29, 0.717) is 25.3 Å². The van der Waals surface area contributed by atoms with Crippen molar-refractivity contribution in [2.24, 2.45) is 0 Å². The predicted molar refractivity (Wildman–Crippen MR) is 96.0 cm³/mol. The first kappa shape index (κ1) is 16.6. The van der Waals surface area contributed by atoms with Crippen LogP contribution in [0.25, 0.3) is 0 Å². The van der Waals surface area contributed by atoms with Crippen LogP contribution in [-0.4, -0.2) is 32.3 Å². The minimum absolute atomic E-state index is 0.127. The number of amides is 4. The number of nitrogens with one attached hydrogen (secondary N) is 3. The van der Waals surface area contributed by atoms with Crippen LogP contribution in [0.3, 0.4) is 0 Å². The number of hydrogen-bond acceptors (Lipinski definition) is 3. The van der Waals surface area contributed by atoms with Gasteiger partial charge in [-0.2, -0.15) is 0 Å². The van der Waals surface area contributed by atoms with Gasteiger partial charge >= 0.3 is 12.1 Å². The SMILES string of the molecule is COc1ccccc1CNC(=O)Nc1cccc(N2CCNC2=O)c1. The maximum atomic E-state index is 12.1. The maximum absolute atomic E-state index is 12.1. The average molecular weight is 340 g/mol. The van der Waals surface area contributed by atoms with E-state index in [2.05, 4.69) is 16.0 Å². The van der Waals surface area contributed by atoms with Gasteiger partial charge in [0.25, 0.3) is 0 Å². The van der Waals surface area contributed by atoms with Crippen LogP contribution < -0.4 is 25.6 Å². The molecule has 3 rings (SSSR count). The highest BCUT2D eigenvalue weighted by Gasteiger charge is 2.21. The summed E-state index contributed by atoms with van der Waals surface area (Å²) in [7, 11) is 1.60. The van der Waals surface area contributed by atoms with Crippen molar-refractivity contribution >= 4 is 23.4 Å². The lowest BCUT2D eigenvalue weighted by atomic mass is 10.2. The van der Waals surface area contributed by atoms with E-state index in [1.165, 1.54) is 0 Å². The molecular weight excluding hydrogens is 320 g/mol.